The van der Waals surface area contributed by atoms with E-state index in [1.165, 1.54) is 6.07 Å². The van der Waals surface area contributed by atoms with Crippen molar-refractivity contribution in [2.75, 3.05) is 11.9 Å². The van der Waals surface area contributed by atoms with Gasteiger partial charge in [-0.1, -0.05) is 17.7 Å². The zero-order valence-electron chi connectivity index (χ0n) is 12.4. The number of carbonyl (C=O) groups is 2. The molecule has 3 rings (SSSR count). The molecule has 2 aromatic carbocycles. The van der Waals surface area contributed by atoms with Crippen LogP contribution in [0.3, 0.4) is 0 Å². The molecule has 2 amide bonds. The maximum Gasteiger partial charge on any atom is 0.323 e. The fourth-order valence-electron chi connectivity index (χ4n) is 2.21. The van der Waals surface area contributed by atoms with E-state index in [2.05, 4.69) is 20.6 Å². The smallest absolute Gasteiger partial charge is 0.323 e. The summed E-state index contributed by atoms with van der Waals surface area (Å²) in [5.74, 6) is -0.777. The number of halogens is 1. The Morgan fingerprint density at radius 3 is 2.62 bits per heavy atom. The zero-order chi connectivity index (χ0) is 17.1. The van der Waals surface area contributed by atoms with Crippen LogP contribution < -0.4 is 16.3 Å². The third-order valence-electron chi connectivity index (χ3n) is 3.30. The summed E-state index contributed by atoms with van der Waals surface area (Å²) in [4.78, 5) is 40.3. The van der Waals surface area contributed by atoms with Gasteiger partial charge in [0, 0.05) is 16.3 Å². The number of hydrogen-bond acceptors (Lipinski definition) is 3. The Bertz CT molecular complexity index is 977. The first-order valence-corrected chi connectivity index (χ1v) is 7.45. The number of aromatic nitrogens is 2. The van der Waals surface area contributed by atoms with Gasteiger partial charge in [0.2, 0.25) is 5.91 Å². The molecule has 0 spiro atoms. The number of amides is 2. The highest BCUT2D eigenvalue weighted by molar-refractivity contribution is 6.31. The van der Waals surface area contributed by atoms with E-state index in [0.29, 0.717) is 27.3 Å². The standard InChI is InChI=1S/C16H13ClN4O3/c17-10-3-1-2-9(6-10)15(23)18-8-14(22)19-11-4-5-12-13(7-11)21-16(24)20-12/h1-7H,8H2,(H,18,23)(H,19,22)(H2,20,21,24). The first-order chi connectivity index (χ1) is 11.5. The molecule has 7 nitrogen and oxygen atoms in total. The van der Waals surface area contributed by atoms with Crippen molar-refractivity contribution in [3.8, 4) is 0 Å². The number of fused-ring (bicyclic) bond motifs is 1. The molecule has 3 aromatic rings. The van der Waals surface area contributed by atoms with Gasteiger partial charge in [0.15, 0.2) is 0 Å². The molecule has 0 saturated carbocycles. The summed E-state index contributed by atoms with van der Waals surface area (Å²) in [5, 5.41) is 5.61. The van der Waals surface area contributed by atoms with Crippen LogP contribution in [0.25, 0.3) is 11.0 Å². The molecule has 8 heteroatoms. The lowest BCUT2D eigenvalue weighted by Crippen LogP contribution is -2.32. The average molecular weight is 345 g/mol. The van der Waals surface area contributed by atoms with Crippen LogP contribution in [-0.4, -0.2) is 28.3 Å². The highest BCUT2D eigenvalue weighted by Crippen LogP contribution is 2.14. The lowest BCUT2D eigenvalue weighted by atomic mass is 10.2. The van der Waals surface area contributed by atoms with E-state index in [1.54, 1.807) is 36.4 Å². The molecule has 4 N–H and O–H groups in total. The third-order valence-corrected chi connectivity index (χ3v) is 3.53. The van der Waals surface area contributed by atoms with Crippen molar-refractivity contribution in [3.63, 3.8) is 0 Å². The van der Waals surface area contributed by atoms with Crippen molar-refractivity contribution in [1.29, 1.82) is 0 Å². The monoisotopic (exact) mass is 344 g/mol. The Hall–Kier alpha value is -3.06. The molecule has 0 aliphatic carbocycles. The number of aromatic amines is 2. The fraction of sp³-hybridized carbons (Fsp3) is 0.0625. The highest BCUT2D eigenvalue weighted by Gasteiger charge is 2.09. The van der Waals surface area contributed by atoms with E-state index >= 15 is 0 Å². The summed E-state index contributed by atoms with van der Waals surface area (Å²) in [6, 6.07) is 11.4. The molecule has 0 aliphatic heterocycles. The Kier molecular flexibility index (Phi) is 4.35. The van der Waals surface area contributed by atoms with Crippen LogP contribution in [0.15, 0.2) is 47.3 Å². The van der Waals surface area contributed by atoms with Gasteiger partial charge < -0.3 is 20.6 Å². The van der Waals surface area contributed by atoms with E-state index < -0.39 is 5.91 Å². The lowest BCUT2D eigenvalue weighted by molar-refractivity contribution is -0.115. The summed E-state index contributed by atoms with van der Waals surface area (Å²) in [6.07, 6.45) is 0. The van der Waals surface area contributed by atoms with Crippen LogP contribution in [0.2, 0.25) is 5.02 Å². The van der Waals surface area contributed by atoms with Gasteiger partial charge in [-0.05, 0) is 36.4 Å². The summed E-state index contributed by atoms with van der Waals surface area (Å²) < 4.78 is 0. The van der Waals surface area contributed by atoms with E-state index in [9.17, 15) is 14.4 Å². The fourth-order valence-corrected chi connectivity index (χ4v) is 2.40. The Labute approximate surface area is 141 Å². The topological polar surface area (TPSA) is 107 Å². The molecule has 0 aliphatic rings. The zero-order valence-corrected chi connectivity index (χ0v) is 13.1. The van der Waals surface area contributed by atoms with Gasteiger partial charge in [-0.3, -0.25) is 9.59 Å². The predicted molar refractivity (Wildman–Crippen MR) is 91.3 cm³/mol. The van der Waals surface area contributed by atoms with Gasteiger partial charge in [0.1, 0.15) is 0 Å². The number of imidazole rings is 1. The first-order valence-electron chi connectivity index (χ1n) is 7.07. The summed E-state index contributed by atoms with van der Waals surface area (Å²) in [7, 11) is 0. The van der Waals surface area contributed by atoms with E-state index in [1.807, 2.05) is 0 Å². The molecule has 0 radical (unpaired) electrons. The third kappa shape index (κ3) is 3.64. The normalized spacial score (nSPS) is 10.5. The quantitative estimate of drug-likeness (QED) is 0.580. The van der Waals surface area contributed by atoms with Crippen LogP contribution >= 0.6 is 11.6 Å². The maximum atomic E-state index is 11.9. The molecule has 0 unspecified atom stereocenters. The minimum Gasteiger partial charge on any atom is -0.343 e. The SMILES string of the molecule is O=C(CNC(=O)c1cccc(Cl)c1)Nc1ccc2[nH]c(=O)[nH]c2c1. The Balaban J connectivity index is 1.60. The number of anilines is 1. The van der Waals surface area contributed by atoms with E-state index in [-0.39, 0.29) is 18.1 Å². The minimum absolute atomic E-state index is 0.187. The van der Waals surface area contributed by atoms with Crippen molar-refractivity contribution in [1.82, 2.24) is 15.3 Å². The Morgan fingerprint density at radius 2 is 1.83 bits per heavy atom. The van der Waals surface area contributed by atoms with Crippen molar-refractivity contribution in [2.45, 2.75) is 0 Å². The van der Waals surface area contributed by atoms with Crippen molar-refractivity contribution >= 4 is 40.1 Å². The van der Waals surface area contributed by atoms with Gasteiger partial charge in [0.25, 0.3) is 5.91 Å². The van der Waals surface area contributed by atoms with Crippen molar-refractivity contribution in [3.05, 3.63) is 63.5 Å². The van der Waals surface area contributed by atoms with Crippen molar-refractivity contribution in [2.24, 2.45) is 0 Å². The molecule has 1 aromatic heterocycles. The highest BCUT2D eigenvalue weighted by atomic mass is 35.5. The number of carbonyl (C=O) groups excluding carboxylic acids is 2. The predicted octanol–water partition coefficient (Wildman–Crippen LogP) is 1.88. The average Bonchev–Trinajstić information content (AvgIpc) is 2.92. The minimum atomic E-state index is -0.391. The van der Waals surface area contributed by atoms with Gasteiger partial charge in [0.05, 0.1) is 17.6 Å². The van der Waals surface area contributed by atoms with Gasteiger partial charge in [-0.15, -0.1) is 0 Å². The molecule has 0 saturated heterocycles. The second-order valence-corrected chi connectivity index (χ2v) is 5.52. The van der Waals surface area contributed by atoms with Crippen LogP contribution in [0.5, 0.6) is 0 Å². The largest absolute Gasteiger partial charge is 0.343 e. The number of nitrogens with one attached hydrogen (secondary N) is 4. The molecule has 0 fully saturated rings. The maximum absolute atomic E-state index is 11.9. The van der Waals surface area contributed by atoms with E-state index in [0.717, 1.165) is 0 Å². The van der Waals surface area contributed by atoms with E-state index in [4.69, 9.17) is 11.6 Å². The summed E-state index contributed by atoms with van der Waals surface area (Å²) >= 11 is 5.82. The van der Waals surface area contributed by atoms with Crippen LogP contribution in [0.4, 0.5) is 5.69 Å². The molecular weight excluding hydrogens is 332 g/mol. The van der Waals surface area contributed by atoms with Gasteiger partial charge in [-0.25, -0.2) is 4.79 Å². The van der Waals surface area contributed by atoms with Crippen molar-refractivity contribution < 1.29 is 9.59 Å². The second kappa shape index (κ2) is 6.59. The second-order valence-electron chi connectivity index (χ2n) is 5.08. The number of hydrogen-bond donors (Lipinski definition) is 4. The molecular formula is C16H13ClN4O3. The van der Waals surface area contributed by atoms with Crippen LogP contribution in [0, 0.1) is 0 Å². The first kappa shape index (κ1) is 15.8. The summed E-state index contributed by atoms with van der Waals surface area (Å²) in [5.41, 5.74) is 1.80. The number of rotatable bonds is 4. The lowest BCUT2D eigenvalue weighted by Gasteiger charge is -2.07. The van der Waals surface area contributed by atoms with Gasteiger partial charge >= 0.3 is 5.69 Å². The van der Waals surface area contributed by atoms with Crippen LogP contribution in [-0.2, 0) is 4.79 Å². The Morgan fingerprint density at radius 1 is 1.04 bits per heavy atom. The van der Waals surface area contributed by atoms with Gasteiger partial charge in [-0.2, -0.15) is 0 Å². The number of H-pyrrole nitrogens is 2. The molecule has 0 bridgehead atoms. The molecule has 122 valence electrons. The van der Waals surface area contributed by atoms with Crippen LogP contribution in [0.1, 0.15) is 10.4 Å². The summed E-state index contributed by atoms with van der Waals surface area (Å²) in [6.45, 7) is -0.187. The molecule has 1 heterocycles. The number of benzene rings is 2. The molecule has 24 heavy (non-hydrogen) atoms. The molecule has 0 atom stereocenters.